The smallest absolute Gasteiger partial charge is 0.226 e. The van der Waals surface area contributed by atoms with Crippen molar-refractivity contribution in [3.63, 3.8) is 0 Å². The monoisotopic (exact) mass is 307 g/mol. The molecule has 0 aromatic heterocycles. The Morgan fingerprint density at radius 2 is 1.95 bits per heavy atom. The van der Waals surface area contributed by atoms with Gasteiger partial charge in [-0.3, -0.25) is 9.69 Å². The van der Waals surface area contributed by atoms with Crippen LogP contribution in [-0.4, -0.2) is 74.7 Å². The Bertz CT molecular complexity index is 408. The van der Waals surface area contributed by atoms with Gasteiger partial charge in [-0.1, -0.05) is 0 Å². The lowest BCUT2D eigenvalue weighted by atomic mass is 9.91. The maximum Gasteiger partial charge on any atom is 0.226 e. The van der Waals surface area contributed by atoms with Gasteiger partial charge in [-0.25, -0.2) is 0 Å². The molecule has 3 saturated heterocycles. The molecule has 0 bridgehead atoms. The third kappa shape index (κ3) is 2.91. The number of rotatable bonds is 3. The van der Waals surface area contributed by atoms with Crippen LogP contribution in [0.4, 0.5) is 0 Å². The van der Waals surface area contributed by atoms with Gasteiger partial charge in [0.15, 0.2) is 0 Å². The van der Waals surface area contributed by atoms with Crippen molar-refractivity contribution in [1.82, 2.24) is 15.1 Å². The molecule has 22 heavy (non-hydrogen) atoms. The minimum absolute atomic E-state index is 0.337. The van der Waals surface area contributed by atoms with Gasteiger partial charge >= 0.3 is 0 Å². The molecular weight excluding hydrogens is 278 g/mol. The number of hydrogen-bond donors (Lipinski definition) is 1. The lowest BCUT2D eigenvalue weighted by Crippen LogP contribution is -2.50. The van der Waals surface area contributed by atoms with Crippen molar-refractivity contribution in [1.29, 1.82) is 0 Å². The number of carbonyl (C=O) groups is 1. The molecule has 4 aliphatic rings. The molecule has 3 aliphatic heterocycles. The average Bonchev–Trinajstić information content (AvgIpc) is 2.99. The highest BCUT2D eigenvalue weighted by Crippen LogP contribution is 2.59. The molecule has 5 heteroatoms. The highest BCUT2D eigenvalue weighted by atomic mass is 16.5. The van der Waals surface area contributed by atoms with E-state index in [9.17, 15) is 4.79 Å². The number of carbonyl (C=O) groups excluding carboxylic acids is 1. The summed E-state index contributed by atoms with van der Waals surface area (Å²) in [6.45, 7) is 9.16. The van der Waals surface area contributed by atoms with Crippen molar-refractivity contribution in [2.24, 2.45) is 17.3 Å². The van der Waals surface area contributed by atoms with Gasteiger partial charge in [0.2, 0.25) is 5.91 Å². The molecule has 1 amide bonds. The molecule has 2 atom stereocenters. The molecule has 0 aromatic rings. The van der Waals surface area contributed by atoms with Crippen molar-refractivity contribution < 1.29 is 9.53 Å². The van der Waals surface area contributed by atoms with Crippen molar-refractivity contribution >= 4 is 5.91 Å². The first-order valence-corrected chi connectivity index (χ1v) is 9.06. The number of ether oxygens (including phenoxy) is 1. The fraction of sp³-hybridized carbons (Fsp3) is 0.941. The Balaban J connectivity index is 1.24. The standard InChI is InChI=1S/C17H29N3O2/c21-16(15-11-17(15)2-4-18-5-3-17)20-8-6-19(7-9-20)12-14-1-10-22-13-14/h14-15,18H,1-13H2. The average molecular weight is 307 g/mol. The van der Waals surface area contributed by atoms with Gasteiger partial charge in [0.05, 0.1) is 6.61 Å². The van der Waals surface area contributed by atoms with Crippen LogP contribution in [0, 0.1) is 17.3 Å². The largest absolute Gasteiger partial charge is 0.381 e. The Labute approximate surface area is 133 Å². The van der Waals surface area contributed by atoms with Crippen LogP contribution in [0.15, 0.2) is 0 Å². The first-order chi connectivity index (χ1) is 10.8. The highest BCUT2D eigenvalue weighted by molar-refractivity contribution is 5.82. The van der Waals surface area contributed by atoms with Crippen molar-refractivity contribution in [3.05, 3.63) is 0 Å². The van der Waals surface area contributed by atoms with Gasteiger partial charge in [0.1, 0.15) is 0 Å². The van der Waals surface area contributed by atoms with E-state index in [-0.39, 0.29) is 0 Å². The molecule has 0 radical (unpaired) electrons. The lowest BCUT2D eigenvalue weighted by Gasteiger charge is -2.36. The highest BCUT2D eigenvalue weighted by Gasteiger charge is 2.58. The van der Waals surface area contributed by atoms with Gasteiger partial charge in [-0.2, -0.15) is 0 Å². The third-order valence-electron chi connectivity index (χ3n) is 6.31. The maximum atomic E-state index is 12.8. The second kappa shape index (κ2) is 6.10. The van der Waals surface area contributed by atoms with Crippen molar-refractivity contribution in [2.75, 3.05) is 59.0 Å². The second-order valence-corrected chi connectivity index (χ2v) is 7.72. The molecule has 1 N–H and O–H groups in total. The summed E-state index contributed by atoms with van der Waals surface area (Å²) in [5, 5.41) is 3.42. The predicted molar refractivity (Wildman–Crippen MR) is 84.6 cm³/mol. The number of nitrogens with one attached hydrogen (secondary N) is 1. The zero-order valence-electron chi connectivity index (χ0n) is 13.6. The molecule has 1 saturated carbocycles. The third-order valence-corrected chi connectivity index (χ3v) is 6.31. The predicted octanol–water partition coefficient (Wildman–Crippen LogP) is 0.557. The number of piperazine rings is 1. The zero-order valence-corrected chi connectivity index (χ0v) is 13.6. The Hall–Kier alpha value is -0.650. The van der Waals surface area contributed by atoms with E-state index < -0.39 is 0 Å². The Kier molecular flexibility index (Phi) is 4.13. The molecular formula is C17H29N3O2. The molecule has 1 spiro atoms. The molecule has 124 valence electrons. The van der Waals surface area contributed by atoms with E-state index in [1.165, 1.54) is 19.3 Å². The molecule has 3 heterocycles. The summed E-state index contributed by atoms with van der Waals surface area (Å²) in [5.41, 5.74) is 0.376. The van der Waals surface area contributed by atoms with Gasteiger partial charge in [-0.05, 0) is 50.1 Å². The molecule has 1 aliphatic carbocycles. The van der Waals surface area contributed by atoms with Crippen molar-refractivity contribution in [3.8, 4) is 0 Å². The summed E-state index contributed by atoms with van der Waals surface area (Å²) in [6.07, 6.45) is 4.75. The van der Waals surface area contributed by atoms with Crippen LogP contribution in [0.2, 0.25) is 0 Å². The number of piperidine rings is 1. The van der Waals surface area contributed by atoms with E-state index in [4.69, 9.17) is 4.74 Å². The van der Waals surface area contributed by atoms with Gasteiger partial charge in [-0.15, -0.1) is 0 Å². The van der Waals surface area contributed by atoms with Gasteiger partial charge in [0, 0.05) is 45.2 Å². The van der Waals surface area contributed by atoms with Crippen LogP contribution < -0.4 is 5.32 Å². The second-order valence-electron chi connectivity index (χ2n) is 7.72. The summed E-state index contributed by atoms with van der Waals surface area (Å²) in [4.78, 5) is 17.4. The number of hydrogen-bond acceptors (Lipinski definition) is 4. The first-order valence-electron chi connectivity index (χ1n) is 9.06. The SMILES string of the molecule is O=C(C1CC12CCNCC2)N1CCN(CC2CCOC2)CC1. The molecule has 4 fully saturated rings. The minimum atomic E-state index is 0.337. The summed E-state index contributed by atoms with van der Waals surface area (Å²) in [6, 6.07) is 0. The molecule has 5 nitrogen and oxygen atoms in total. The summed E-state index contributed by atoms with van der Waals surface area (Å²) in [7, 11) is 0. The summed E-state index contributed by atoms with van der Waals surface area (Å²) >= 11 is 0. The number of amides is 1. The van der Waals surface area contributed by atoms with Crippen molar-refractivity contribution in [2.45, 2.75) is 25.7 Å². The minimum Gasteiger partial charge on any atom is -0.381 e. The maximum absolute atomic E-state index is 12.8. The normalized spacial score (nSPS) is 35.0. The van der Waals surface area contributed by atoms with Gasteiger partial charge in [0.25, 0.3) is 0 Å². The van der Waals surface area contributed by atoms with E-state index in [1.807, 2.05) is 0 Å². The van der Waals surface area contributed by atoms with Crippen LogP contribution in [0.5, 0.6) is 0 Å². The fourth-order valence-corrected chi connectivity index (χ4v) is 4.64. The van der Waals surface area contributed by atoms with E-state index in [0.29, 0.717) is 23.2 Å². The van der Waals surface area contributed by atoms with Gasteiger partial charge < -0.3 is 15.0 Å². The van der Waals surface area contributed by atoms with Crippen LogP contribution >= 0.6 is 0 Å². The van der Waals surface area contributed by atoms with E-state index in [1.54, 1.807) is 0 Å². The topological polar surface area (TPSA) is 44.8 Å². The van der Waals surface area contributed by atoms with E-state index >= 15 is 0 Å². The Morgan fingerprint density at radius 3 is 2.64 bits per heavy atom. The molecule has 4 rings (SSSR count). The number of nitrogens with zero attached hydrogens (tertiary/aromatic N) is 2. The quantitative estimate of drug-likeness (QED) is 0.827. The fourth-order valence-electron chi connectivity index (χ4n) is 4.64. The zero-order chi connectivity index (χ0) is 15.0. The van der Waals surface area contributed by atoms with Crippen LogP contribution in [-0.2, 0) is 9.53 Å². The van der Waals surface area contributed by atoms with Crippen LogP contribution in [0.3, 0.4) is 0 Å². The Morgan fingerprint density at radius 1 is 1.18 bits per heavy atom. The van der Waals surface area contributed by atoms with Crippen LogP contribution in [0.25, 0.3) is 0 Å². The van der Waals surface area contributed by atoms with E-state index in [2.05, 4.69) is 15.1 Å². The van der Waals surface area contributed by atoms with Crippen LogP contribution in [0.1, 0.15) is 25.7 Å². The first kappa shape index (κ1) is 14.9. The molecule has 2 unspecified atom stereocenters. The van der Waals surface area contributed by atoms with E-state index in [0.717, 1.165) is 65.4 Å². The summed E-state index contributed by atoms with van der Waals surface area (Å²) in [5.74, 6) is 1.50. The summed E-state index contributed by atoms with van der Waals surface area (Å²) < 4.78 is 5.47. The molecule has 0 aromatic carbocycles. The lowest BCUT2D eigenvalue weighted by molar-refractivity contribution is -0.135.